The van der Waals surface area contributed by atoms with Crippen molar-refractivity contribution in [1.82, 2.24) is 5.32 Å². The summed E-state index contributed by atoms with van der Waals surface area (Å²) >= 11 is 0. The van der Waals surface area contributed by atoms with Gasteiger partial charge in [-0.3, -0.25) is 4.79 Å². The topological polar surface area (TPSA) is 55.1 Å². The minimum atomic E-state index is 0.000833. The Morgan fingerprint density at radius 2 is 2.13 bits per heavy atom. The summed E-state index contributed by atoms with van der Waals surface area (Å²) < 4.78 is 0. The summed E-state index contributed by atoms with van der Waals surface area (Å²) in [4.78, 5) is 11.7. The van der Waals surface area contributed by atoms with E-state index in [4.69, 9.17) is 5.73 Å². The lowest BCUT2D eigenvalue weighted by molar-refractivity contribution is 0.0953. The molecule has 3 N–H and O–H groups in total. The van der Waals surface area contributed by atoms with E-state index in [1.165, 1.54) is 0 Å². The van der Waals surface area contributed by atoms with Gasteiger partial charge >= 0.3 is 0 Å². The number of hydrogen-bond acceptors (Lipinski definition) is 2. The average molecular weight is 206 g/mol. The average Bonchev–Trinajstić information content (AvgIpc) is 2.27. The van der Waals surface area contributed by atoms with Crippen molar-refractivity contribution in [1.29, 1.82) is 0 Å². The fourth-order valence-corrected chi connectivity index (χ4v) is 1.45. The fourth-order valence-electron chi connectivity index (χ4n) is 1.45. The number of carbonyl (C=O) groups excluding carboxylic acids is 1. The van der Waals surface area contributed by atoms with Crippen LogP contribution in [0.3, 0.4) is 0 Å². The van der Waals surface area contributed by atoms with Crippen LogP contribution in [0.5, 0.6) is 0 Å². The number of carbonyl (C=O) groups is 1. The van der Waals surface area contributed by atoms with Crippen molar-refractivity contribution >= 4 is 5.91 Å². The van der Waals surface area contributed by atoms with Gasteiger partial charge in [-0.1, -0.05) is 25.1 Å². The second-order valence-corrected chi connectivity index (χ2v) is 3.45. The lowest BCUT2D eigenvalue weighted by atomic mass is 10.0. The smallest absolute Gasteiger partial charge is 0.251 e. The van der Waals surface area contributed by atoms with Crippen LogP contribution in [0.1, 0.15) is 29.3 Å². The highest BCUT2D eigenvalue weighted by molar-refractivity contribution is 5.95. The van der Waals surface area contributed by atoms with Gasteiger partial charge in [0, 0.05) is 12.1 Å². The zero-order valence-corrected chi connectivity index (χ0v) is 9.12. The van der Waals surface area contributed by atoms with Crippen molar-refractivity contribution in [2.24, 2.45) is 5.73 Å². The lowest BCUT2D eigenvalue weighted by Crippen LogP contribution is -2.25. The van der Waals surface area contributed by atoms with E-state index in [-0.39, 0.29) is 5.91 Å². The first-order valence-corrected chi connectivity index (χ1v) is 5.35. The van der Waals surface area contributed by atoms with Crippen molar-refractivity contribution < 1.29 is 4.79 Å². The molecule has 0 heterocycles. The van der Waals surface area contributed by atoms with Crippen molar-refractivity contribution in [3.05, 3.63) is 35.4 Å². The molecule has 0 fully saturated rings. The van der Waals surface area contributed by atoms with Crippen LogP contribution in [0.25, 0.3) is 0 Å². The van der Waals surface area contributed by atoms with Gasteiger partial charge in [0.2, 0.25) is 0 Å². The molecule has 0 aliphatic rings. The molecule has 0 aliphatic carbocycles. The van der Waals surface area contributed by atoms with Gasteiger partial charge in [-0.05, 0) is 31.0 Å². The molecule has 0 unspecified atom stereocenters. The molecule has 0 atom stereocenters. The van der Waals surface area contributed by atoms with Crippen LogP contribution in [0, 0.1) is 0 Å². The first kappa shape index (κ1) is 11.7. The molecular weight excluding hydrogens is 188 g/mol. The molecule has 0 bridgehead atoms. The maximum absolute atomic E-state index is 11.7. The van der Waals surface area contributed by atoms with E-state index in [1.807, 2.05) is 31.2 Å². The third-order valence-electron chi connectivity index (χ3n) is 2.21. The van der Waals surface area contributed by atoms with E-state index >= 15 is 0 Å². The van der Waals surface area contributed by atoms with Crippen molar-refractivity contribution in [2.75, 3.05) is 13.1 Å². The molecule has 0 aromatic heterocycles. The standard InChI is InChI=1S/C12H18N2O/c1-2-9-14-12(15)11-6-4-3-5-10(11)7-8-13/h3-6H,2,7-9,13H2,1H3,(H,14,15). The Kier molecular flexibility index (Phi) is 4.84. The molecule has 1 aromatic rings. The zero-order valence-electron chi connectivity index (χ0n) is 9.12. The summed E-state index contributed by atoms with van der Waals surface area (Å²) in [5, 5.41) is 2.87. The van der Waals surface area contributed by atoms with Crippen molar-refractivity contribution in [2.45, 2.75) is 19.8 Å². The highest BCUT2D eigenvalue weighted by Gasteiger charge is 2.08. The third-order valence-corrected chi connectivity index (χ3v) is 2.21. The summed E-state index contributed by atoms with van der Waals surface area (Å²) in [5.74, 6) is 0.000833. The van der Waals surface area contributed by atoms with Crippen LogP contribution in [0.15, 0.2) is 24.3 Å². The Morgan fingerprint density at radius 1 is 1.40 bits per heavy atom. The first-order chi connectivity index (χ1) is 7.29. The SMILES string of the molecule is CCCNC(=O)c1ccccc1CCN. The molecule has 3 heteroatoms. The normalized spacial score (nSPS) is 10.0. The predicted molar refractivity (Wildman–Crippen MR) is 61.8 cm³/mol. The van der Waals surface area contributed by atoms with E-state index in [0.29, 0.717) is 6.54 Å². The van der Waals surface area contributed by atoms with Crippen LogP contribution < -0.4 is 11.1 Å². The molecule has 1 rings (SSSR count). The minimum absolute atomic E-state index is 0.000833. The van der Waals surface area contributed by atoms with Crippen LogP contribution >= 0.6 is 0 Å². The molecule has 1 aromatic carbocycles. The third kappa shape index (κ3) is 3.36. The summed E-state index contributed by atoms with van der Waals surface area (Å²) in [5.41, 5.74) is 7.27. The van der Waals surface area contributed by atoms with Crippen LogP contribution in [-0.2, 0) is 6.42 Å². The molecule has 82 valence electrons. The first-order valence-electron chi connectivity index (χ1n) is 5.35. The van der Waals surface area contributed by atoms with E-state index in [1.54, 1.807) is 0 Å². The molecule has 15 heavy (non-hydrogen) atoms. The Bertz CT molecular complexity index is 323. The van der Waals surface area contributed by atoms with Crippen LogP contribution in [0.4, 0.5) is 0 Å². The van der Waals surface area contributed by atoms with Gasteiger partial charge in [0.15, 0.2) is 0 Å². The largest absolute Gasteiger partial charge is 0.352 e. The summed E-state index contributed by atoms with van der Waals surface area (Å²) in [6, 6.07) is 7.60. The molecule has 0 saturated carbocycles. The van der Waals surface area contributed by atoms with Crippen molar-refractivity contribution in [3.63, 3.8) is 0 Å². The molecule has 0 saturated heterocycles. The van der Waals surface area contributed by atoms with Gasteiger partial charge in [0.25, 0.3) is 5.91 Å². The Hall–Kier alpha value is -1.35. The molecule has 3 nitrogen and oxygen atoms in total. The Morgan fingerprint density at radius 3 is 2.80 bits per heavy atom. The molecule has 0 aliphatic heterocycles. The van der Waals surface area contributed by atoms with E-state index < -0.39 is 0 Å². The second kappa shape index (κ2) is 6.19. The Labute approximate surface area is 90.7 Å². The quantitative estimate of drug-likeness (QED) is 0.763. The van der Waals surface area contributed by atoms with Crippen molar-refractivity contribution in [3.8, 4) is 0 Å². The molecule has 0 radical (unpaired) electrons. The van der Waals surface area contributed by atoms with Gasteiger partial charge in [-0.15, -0.1) is 0 Å². The maximum atomic E-state index is 11.7. The van der Waals surface area contributed by atoms with Gasteiger partial charge < -0.3 is 11.1 Å². The van der Waals surface area contributed by atoms with Gasteiger partial charge in [0.1, 0.15) is 0 Å². The molecule has 1 amide bonds. The lowest BCUT2D eigenvalue weighted by Gasteiger charge is -2.08. The summed E-state index contributed by atoms with van der Waals surface area (Å²) in [7, 11) is 0. The number of amides is 1. The Balaban J connectivity index is 2.77. The van der Waals surface area contributed by atoms with Gasteiger partial charge in [0.05, 0.1) is 0 Å². The predicted octanol–water partition coefficient (Wildman–Crippen LogP) is 1.33. The van der Waals surface area contributed by atoms with Gasteiger partial charge in [-0.2, -0.15) is 0 Å². The minimum Gasteiger partial charge on any atom is -0.352 e. The maximum Gasteiger partial charge on any atom is 0.251 e. The highest BCUT2D eigenvalue weighted by Crippen LogP contribution is 2.08. The van der Waals surface area contributed by atoms with Crippen LogP contribution in [-0.4, -0.2) is 19.0 Å². The zero-order chi connectivity index (χ0) is 11.1. The molecule has 0 spiro atoms. The number of nitrogens with two attached hydrogens (primary N) is 1. The number of hydrogen-bond donors (Lipinski definition) is 2. The van der Waals surface area contributed by atoms with Gasteiger partial charge in [-0.25, -0.2) is 0 Å². The summed E-state index contributed by atoms with van der Waals surface area (Å²) in [6.07, 6.45) is 1.69. The summed E-state index contributed by atoms with van der Waals surface area (Å²) in [6.45, 7) is 3.32. The molecular formula is C12H18N2O. The monoisotopic (exact) mass is 206 g/mol. The fraction of sp³-hybridized carbons (Fsp3) is 0.417. The number of nitrogens with one attached hydrogen (secondary N) is 1. The number of rotatable bonds is 5. The second-order valence-electron chi connectivity index (χ2n) is 3.45. The number of benzene rings is 1. The van der Waals surface area contributed by atoms with E-state index in [9.17, 15) is 4.79 Å². The highest BCUT2D eigenvalue weighted by atomic mass is 16.1. The van der Waals surface area contributed by atoms with E-state index in [0.717, 1.165) is 30.5 Å². The van der Waals surface area contributed by atoms with Crippen LogP contribution in [0.2, 0.25) is 0 Å². The van der Waals surface area contributed by atoms with E-state index in [2.05, 4.69) is 5.32 Å².